The highest BCUT2D eigenvalue weighted by Crippen LogP contribution is 2.45. The zero-order valence-electron chi connectivity index (χ0n) is 36.9. The fraction of sp³-hybridized carbons (Fsp3) is 0.288. The van der Waals surface area contributed by atoms with Crippen LogP contribution < -0.4 is 4.74 Å². The summed E-state index contributed by atoms with van der Waals surface area (Å²) in [7, 11) is -7.88. The van der Waals surface area contributed by atoms with E-state index < -0.39 is 31.1 Å². The second-order valence-electron chi connectivity index (χ2n) is 16.6. The standard InChI is InChI=1S/C52H53N3O7S2/c1-6-54(7-2)37-19-24-43-47(31-37)62-48-32-38(55(8-3)9-4)20-25-44(48)52(43)45-26-21-39(33-49(45)64(58,59)60)63(56,57)53(5)28-12-13-29-61-46-27-18-34-16-22-41-40-15-11-10-14-35(40)30-36-17-23-42(46)50(34)51(36)41/h10-11,14-27,30-31,33,47H,6-9,12-13,28-29,32H2,1-5H3. The molecule has 6 aromatic rings. The Morgan fingerprint density at radius 1 is 0.766 bits per heavy atom. The summed E-state index contributed by atoms with van der Waals surface area (Å²) in [6, 6.07) is 27.2. The number of nitrogens with zero attached hydrogens (tertiary/aromatic N) is 3. The molecule has 1 unspecified atom stereocenters. The van der Waals surface area contributed by atoms with Crippen LogP contribution in [-0.4, -0.2) is 93.4 Å². The summed E-state index contributed by atoms with van der Waals surface area (Å²) in [5, 5.41) is 9.34. The van der Waals surface area contributed by atoms with Crippen LogP contribution in [0.4, 0.5) is 0 Å². The van der Waals surface area contributed by atoms with Crippen molar-refractivity contribution in [3.8, 4) is 5.75 Å². The van der Waals surface area contributed by atoms with Gasteiger partial charge in [0.1, 0.15) is 40.8 Å². The first-order chi connectivity index (χ1) is 30.9. The average Bonchev–Trinajstić information content (AvgIpc) is 3.30. The summed E-state index contributed by atoms with van der Waals surface area (Å²) in [5.74, 6) is 1.44. The van der Waals surface area contributed by atoms with Gasteiger partial charge in [0.05, 0.1) is 22.8 Å². The molecule has 3 aliphatic rings. The predicted molar refractivity (Wildman–Crippen MR) is 256 cm³/mol. The van der Waals surface area contributed by atoms with Gasteiger partial charge >= 0.3 is 0 Å². The van der Waals surface area contributed by atoms with Crippen molar-refractivity contribution >= 4 is 74.5 Å². The monoisotopic (exact) mass is 895 g/mol. The molecule has 0 radical (unpaired) electrons. The molecule has 0 bridgehead atoms. The maximum absolute atomic E-state index is 14.1. The lowest BCUT2D eigenvalue weighted by Gasteiger charge is -2.35. The van der Waals surface area contributed by atoms with Gasteiger partial charge in [-0.05, 0) is 121 Å². The minimum Gasteiger partial charge on any atom is -0.744 e. The Morgan fingerprint density at radius 2 is 1.50 bits per heavy atom. The molecule has 9 rings (SSSR count). The lowest BCUT2D eigenvalue weighted by molar-refractivity contribution is -0.521. The number of fused-ring (bicyclic) bond motifs is 3. The smallest absolute Gasteiger partial charge is 0.242 e. The zero-order valence-corrected chi connectivity index (χ0v) is 38.6. The van der Waals surface area contributed by atoms with Crippen molar-refractivity contribution < 1.29 is 35.4 Å². The van der Waals surface area contributed by atoms with Crippen molar-refractivity contribution in [3.63, 3.8) is 0 Å². The molecule has 0 spiro atoms. The van der Waals surface area contributed by atoms with Gasteiger partial charge in [0.25, 0.3) is 0 Å². The summed E-state index contributed by atoms with van der Waals surface area (Å²) in [6.45, 7) is 12.1. The lowest BCUT2D eigenvalue weighted by Crippen LogP contribution is -2.30. The van der Waals surface area contributed by atoms with Crippen molar-refractivity contribution in [3.05, 3.63) is 143 Å². The second kappa shape index (κ2) is 17.3. The molecule has 0 saturated heterocycles. The van der Waals surface area contributed by atoms with E-state index in [1.807, 2.05) is 36.4 Å². The number of allylic oxidation sites excluding steroid dienone is 6. The van der Waals surface area contributed by atoms with Gasteiger partial charge in [0, 0.05) is 71.5 Å². The number of hydrogen-bond donors (Lipinski definition) is 0. The van der Waals surface area contributed by atoms with E-state index in [0.717, 1.165) is 65.6 Å². The molecule has 0 amide bonds. The minimum atomic E-state index is -5.16. The first-order valence-electron chi connectivity index (χ1n) is 22.2. The summed E-state index contributed by atoms with van der Waals surface area (Å²) >= 11 is 0. The molecule has 0 aromatic heterocycles. The van der Waals surface area contributed by atoms with Gasteiger partial charge < -0.3 is 18.9 Å². The Labute approximate surface area is 375 Å². The van der Waals surface area contributed by atoms with E-state index in [1.54, 1.807) is 0 Å². The van der Waals surface area contributed by atoms with Gasteiger partial charge in [0.2, 0.25) is 10.0 Å². The fourth-order valence-electron chi connectivity index (χ4n) is 9.72. The maximum Gasteiger partial charge on any atom is 0.242 e. The zero-order chi connectivity index (χ0) is 44.9. The lowest BCUT2D eigenvalue weighted by atomic mass is 9.83. The SMILES string of the molecule is CCN(CC)C1=CC2OC3=C(C=CC(=[N+](CC)CC)C3)C(c3ccc(S(=O)(=O)N(C)CCCCOc4ccc5ccc6c7ccccc7cc7ccc4c5c76)cc3S(=O)(=O)[O-])=C2C=C1. The third-order valence-electron chi connectivity index (χ3n) is 13.1. The van der Waals surface area contributed by atoms with Gasteiger partial charge in [-0.1, -0.05) is 60.7 Å². The van der Waals surface area contributed by atoms with Crippen LogP contribution in [0.1, 0.15) is 52.5 Å². The van der Waals surface area contributed by atoms with E-state index in [2.05, 4.69) is 97.8 Å². The highest BCUT2D eigenvalue weighted by atomic mass is 32.2. The Kier molecular flexibility index (Phi) is 11.7. The molecule has 1 aliphatic heterocycles. The summed E-state index contributed by atoms with van der Waals surface area (Å²) < 4.78 is 84.2. The molecule has 330 valence electrons. The van der Waals surface area contributed by atoms with Crippen LogP contribution in [0.15, 0.2) is 148 Å². The van der Waals surface area contributed by atoms with E-state index in [9.17, 15) is 21.4 Å². The van der Waals surface area contributed by atoms with Crippen LogP contribution in [0, 0.1) is 0 Å². The van der Waals surface area contributed by atoms with Crippen LogP contribution in [0.25, 0.3) is 48.7 Å². The van der Waals surface area contributed by atoms with E-state index in [-0.39, 0.29) is 17.0 Å². The topological polar surface area (TPSA) is 119 Å². The Balaban J connectivity index is 0.958. The number of sulfonamides is 1. The van der Waals surface area contributed by atoms with Gasteiger partial charge in [0.15, 0.2) is 5.71 Å². The van der Waals surface area contributed by atoms with E-state index in [0.29, 0.717) is 48.3 Å². The van der Waals surface area contributed by atoms with Crippen molar-refractivity contribution in [2.45, 2.75) is 62.9 Å². The van der Waals surface area contributed by atoms with Crippen LogP contribution in [0.3, 0.4) is 0 Å². The van der Waals surface area contributed by atoms with Crippen molar-refractivity contribution in [2.75, 3.05) is 46.4 Å². The largest absolute Gasteiger partial charge is 0.744 e. The second-order valence-corrected chi connectivity index (χ2v) is 19.9. The molecule has 2 aliphatic carbocycles. The number of likely N-dealkylation sites (N-methyl/N-ethyl adjacent to an activating group) is 1. The van der Waals surface area contributed by atoms with Crippen LogP contribution >= 0.6 is 0 Å². The molecule has 0 fully saturated rings. The Bertz CT molecular complexity index is 3260. The van der Waals surface area contributed by atoms with Gasteiger partial charge in [-0.15, -0.1) is 0 Å². The molecule has 10 nitrogen and oxygen atoms in total. The Morgan fingerprint density at radius 3 is 2.27 bits per heavy atom. The molecule has 6 aromatic carbocycles. The van der Waals surface area contributed by atoms with Crippen LogP contribution in [-0.2, 0) is 24.9 Å². The minimum absolute atomic E-state index is 0.143. The normalized spacial score (nSPS) is 16.6. The third-order valence-corrected chi connectivity index (χ3v) is 15.8. The molecule has 12 heteroatoms. The molecule has 1 atom stereocenters. The fourth-order valence-corrected chi connectivity index (χ4v) is 11.7. The summed E-state index contributed by atoms with van der Waals surface area (Å²) in [6.07, 6.45) is 10.8. The third kappa shape index (κ3) is 7.70. The number of benzene rings is 6. The summed E-state index contributed by atoms with van der Waals surface area (Å²) in [5.41, 5.74) is 4.10. The van der Waals surface area contributed by atoms with Gasteiger partial charge in [-0.2, -0.15) is 0 Å². The number of unbranched alkanes of at least 4 members (excludes halogenated alkanes) is 1. The van der Waals surface area contributed by atoms with Crippen LogP contribution in [0.2, 0.25) is 0 Å². The summed E-state index contributed by atoms with van der Waals surface area (Å²) in [4.78, 5) is 1.35. The molecular formula is C52H53N3O7S2. The average molecular weight is 896 g/mol. The number of rotatable bonds is 15. The van der Waals surface area contributed by atoms with Crippen molar-refractivity contribution in [2.24, 2.45) is 0 Å². The highest BCUT2D eigenvalue weighted by molar-refractivity contribution is 7.89. The molecule has 0 saturated carbocycles. The first kappa shape index (κ1) is 43.5. The van der Waals surface area contributed by atoms with Gasteiger partial charge in [-0.3, -0.25) is 0 Å². The Hall–Kier alpha value is -5.79. The molecular weight excluding hydrogens is 843 g/mol. The number of ether oxygens (including phenoxy) is 2. The van der Waals surface area contributed by atoms with E-state index >= 15 is 0 Å². The van der Waals surface area contributed by atoms with Crippen molar-refractivity contribution in [1.29, 1.82) is 0 Å². The van der Waals surface area contributed by atoms with Crippen LogP contribution in [0.5, 0.6) is 5.75 Å². The molecule has 64 heavy (non-hydrogen) atoms. The first-order valence-corrected chi connectivity index (χ1v) is 25.1. The predicted octanol–water partition coefficient (Wildman–Crippen LogP) is 9.78. The van der Waals surface area contributed by atoms with Gasteiger partial charge in [-0.25, -0.2) is 25.7 Å². The molecule has 1 heterocycles. The van der Waals surface area contributed by atoms with Crippen molar-refractivity contribution in [1.82, 2.24) is 9.21 Å². The number of hydrogen-bond acceptors (Lipinski definition) is 8. The molecule has 0 N–H and O–H groups in total. The van der Waals surface area contributed by atoms with E-state index in [4.69, 9.17) is 9.47 Å². The maximum atomic E-state index is 14.1. The van der Waals surface area contributed by atoms with E-state index in [1.165, 1.54) is 50.4 Å². The quantitative estimate of drug-likeness (QED) is 0.0329. The highest BCUT2D eigenvalue weighted by Gasteiger charge is 2.36.